The van der Waals surface area contributed by atoms with Crippen LogP contribution in [0, 0.1) is 3.57 Å². The van der Waals surface area contributed by atoms with Crippen molar-refractivity contribution in [3.63, 3.8) is 0 Å². The van der Waals surface area contributed by atoms with Gasteiger partial charge >= 0.3 is 0 Å². The van der Waals surface area contributed by atoms with Crippen molar-refractivity contribution in [1.82, 2.24) is 14.9 Å². The molecule has 0 atom stereocenters. The first-order valence-corrected chi connectivity index (χ1v) is 7.89. The summed E-state index contributed by atoms with van der Waals surface area (Å²) >= 11 is 2.12. The standard InChI is InChI=1S/C15H18IN3O3/c1-21-13-8-11(12(16)9-14(13)22-2)15(20)18-4-3-6-19-7-5-17-10-19/h5,7-10H,3-4,6H2,1-2H3,(H,18,20). The summed E-state index contributed by atoms with van der Waals surface area (Å²) in [4.78, 5) is 16.2. The highest BCUT2D eigenvalue weighted by Crippen LogP contribution is 2.31. The normalized spacial score (nSPS) is 10.3. The second-order valence-corrected chi connectivity index (χ2v) is 5.76. The molecule has 1 aromatic heterocycles. The van der Waals surface area contributed by atoms with Crippen LogP contribution in [0.2, 0.25) is 0 Å². The first kappa shape index (κ1) is 16.6. The fourth-order valence-electron chi connectivity index (χ4n) is 2.01. The molecule has 0 saturated carbocycles. The summed E-state index contributed by atoms with van der Waals surface area (Å²) in [5.41, 5.74) is 0.584. The molecule has 6 nitrogen and oxygen atoms in total. The first-order valence-electron chi connectivity index (χ1n) is 6.81. The van der Waals surface area contributed by atoms with Gasteiger partial charge in [0.25, 0.3) is 5.91 Å². The zero-order valence-electron chi connectivity index (χ0n) is 12.5. The van der Waals surface area contributed by atoms with Gasteiger partial charge in [-0.3, -0.25) is 4.79 Å². The molecule has 1 aromatic carbocycles. The number of ether oxygens (including phenoxy) is 2. The number of halogens is 1. The predicted molar refractivity (Wildman–Crippen MR) is 91.4 cm³/mol. The van der Waals surface area contributed by atoms with Crippen molar-refractivity contribution in [3.8, 4) is 11.5 Å². The minimum Gasteiger partial charge on any atom is -0.493 e. The second kappa shape index (κ2) is 8.02. The van der Waals surface area contributed by atoms with Crippen LogP contribution in [0.4, 0.5) is 0 Å². The maximum absolute atomic E-state index is 12.3. The Kier molecular flexibility index (Phi) is 6.05. The third-order valence-corrected chi connectivity index (χ3v) is 4.05. The number of aryl methyl sites for hydroxylation is 1. The molecule has 7 heteroatoms. The van der Waals surface area contributed by atoms with Gasteiger partial charge in [-0.15, -0.1) is 0 Å². The van der Waals surface area contributed by atoms with Gasteiger partial charge in [0.1, 0.15) is 0 Å². The van der Waals surface area contributed by atoms with Crippen molar-refractivity contribution >= 4 is 28.5 Å². The van der Waals surface area contributed by atoms with Gasteiger partial charge in [-0.2, -0.15) is 0 Å². The molecule has 0 aliphatic carbocycles. The minimum atomic E-state index is -0.115. The molecule has 1 N–H and O–H groups in total. The molecule has 0 aliphatic rings. The maximum Gasteiger partial charge on any atom is 0.252 e. The van der Waals surface area contributed by atoms with E-state index in [-0.39, 0.29) is 5.91 Å². The van der Waals surface area contributed by atoms with E-state index in [9.17, 15) is 4.79 Å². The molecule has 0 radical (unpaired) electrons. The van der Waals surface area contributed by atoms with E-state index in [1.54, 1.807) is 38.9 Å². The monoisotopic (exact) mass is 415 g/mol. The predicted octanol–water partition coefficient (Wildman–Crippen LogP) is 2.33. The van der Waals surface area contributed by atoms with Crippen LogP contribution in [0.1, 0.15) is 16.8 Å². The van der Waals surface area contributed by atoms with Gasteiger partial charge in [0.15, 0.2) is 11.5 Å². The Balaban J connectivity index is 1.94. The van der Waals surface area contributed by atoms with E-state index in [1.807, 2.05) is 10.8 Å². The van der Waals surface area contributed by atoms with E-state index in [0.29, 0.717) is 23.6 Å². The zero-order valence-corrected chi connectivity index (χ0v) is 14.7. The number of imidazole rings is 1. The number of carbonyl (C=O) groups excluding carboxylic acids is 1. The molecule has 22 heavy (non-hydrogen) atoms. The van der Waals surface area contributed by atoms with E-state index < -0.39 is 0 Å². The van der Waals surface area contributed by atoms with Gasteiger partial charge in [-0.25, -0.2) is 4.98 Å². The molecule has 0 fully saturated rings. The average molecular weight is 415 g/mol. The average Bonchev–Trinajstić information content (AvgIpc) is 3.04. The van der Waals surface area contributed by atoms with Crippen LogP contribution in [0.5, 0.6) is 11.5 Å². The molecular formula is C15H18IN3O3. The topological polar surface area (TPSA) is 65.4 Å². The van der Waals surface area contributed by atoms with Crippen LogP contribution < -0.4 is 14.8 Å². The Morgan fingerprint density at radius 1 is 1.32 bits per heavy atom. The SMILES string of the molecule is COc1cc(I)c(C(=O)NCCCn2ccnc2)cc1OC. The molecule has 0 aliphatic heterocycles. The van der Waals surface area contributed by atoms with Crippen molar-refractivity contribution < 1.29 is 14.3 Å². The Bertz CT molecular complexity index is 629. The largest absolute Gasteiger partial charge is 0.493 e. The van der Waals surface area contributed by atoms with Crippen molar-refractivity contribution in [2.45, 2.75) is 13.0 Å². The van der Waals surface area contributed by atoms with Crippen molar-refractivity contribution in [2.24, 2.45) is 0 Å². The summed E-state index contributed by atoms with van der Waals surface area (Å²) in [6.07, 6.45) is 6.24. The molecule has 1 amide bonds. The number of rotatable bonds is 7. The maximum atomic E-state index is 12.3. The van der Waals surface area contributed by atoms with E-state index in [2.05, 4.69) is 32.9 Å². The lowest BCUT2D eigenvalue weighted by Gasteiger charge is -2.12. The van der Waals surface area contributed by atoms with Gasteiger partial charge in [0.2, 0.25) is 0 Å². The van der Waals surface area contributed by atoms with E-state index in [0.717, 1.165) is 16.5 Å². The summed E-state index contributed by atoms with van der Waals surface area (Å²) in [7, 11) is 3.13. The summed E-state index contributed by atoms with van der Waals surface area (Å²) in [5.74, 6) is 1.05. The lowest BCUT2D eigenvalue weighted by atomic mass is 10.2. The molecule has 2 aromatic rings. The first-order chi connectivity index (χ1) is 10.7. The number of hydrogen-bond acceptors (Lipinski definition) is 4. The number of nitrogens with one attached hydrogen (secondary N) is 1. The van der Waals surface area contributed by atoms with Crippen LogP contribution in [-0.4, -0.2) is 36.2 Å². The fraction of sp³-hybridized carbons (Fsp3) is 0.333. The van der Waals surface area contributed by atoms with Crippen LogP contribution in [0.15, 0.2) is 30.9 Å². The Morgan fingerprint density at radius 2 is 2.05 bits per heavy atom. The van der Waals surface area contributed by atoms with Gasteiger partial charge in [0, 0.05) is 29.1 Å². The van der Waals surface area contributed by atoms with Gasteiger partial charge in [-0.1, -0.05) is 0 Å². The summed E-state index contributed by atoms with van der Waals surface area (Å²) in [5, 5.41) is 2.92. The number of hydrogen-bond donors (Lipinski definition) is 1. The molecule has 0 saturated heterocycles. The van der Waals surface area contributed by atoms with Crippen molar-refractivity contribution in [3.05, 3.63) is 40.0 Å². The Hall–Kier alpha value is -1.77. The van der Waals surface area contributed by atoms with Crippen LogP contribution in [0.3, 0.4) is 0 Å². The lowest BCUT2D eigenvalue weighted by molar-refractivity contribution is 0.0951. The fourth-order valence-corrected chi connectivity index (χ4v) is 2.69. The minimum absolute atomic E-state index is 0.115. The highest BCUT2D eigenvalue weighted by Gasteiger charge is 2.15. The van der Waals surface area contributed by atoms with Gasteiger partial charge in [-0.05, 0) is 41.1 Å². The molecular weight excluding hydrogens is 397 g/mol. The Labute approximate surface area is 143 Å². The van der Waals surface area contributed by atoms with Crippen LogP contribution in [0.25, 0.3) is 0 Å². The van der Waals surface area contributed by atoms with Crippen LogP contribution >= 0.6 is 22.6 Å². The van der Waals surface area contributed by atoms with Crippen molar-refractivity contribution in [1.29, 1.82) is 0 Å². The third kappa shape index (κ3) is 4.12. The number of methoxy groups -OCH3 is 2. The number of benzene rings is 1. The molecule has 2 rings (SSSR count). The van der Waals surface area contributed by atoms with E-state index in [4.69, 9.17) is 9.47 Å². The third-order valence-electron chi connectivity index (χ3n) is 3.16. The van der Waals surface area contributed by atoms with E-state index in [1.165, 1.54) is 0 Å². The summed E-state index contributed by atoms with van der Waals surface area (Å²) in [6.45, 7) is 1.42. The molecule has 118 valence electrons. The Morgan fingerprint density at radius 3 is 2.68 bits per heavy atom. The van der Waals surface area contributed by atoms with Crippen molar-refractivity contribution in [2.75, 3.05) is 20.8 Å². The quantitative estimate of drug-likeness (QED) is 0.557. The summed E-state index contributed by atoms with van der Waals surface area (Å²) in [6, 6.07) is 3.49. The molecule has 0 spiro atoms. The smallest absolute Gasteiger partial charge is 0.252 e. The number of amides is 1. The molecule has 0 unspecified atom stereocenters. The molecule has 0 bridgehead atoms. The zero-order chi connectivity index (χ0) is 15.9. The van der Waals surface area contributed by atoms with Crippen LogP contribution in [-0.2, 0) is 6.54 Å². The number of carbonyl (C=O) groups is 1. The summed E-state index contributed by atoms with van der Waals surface area (Å²) < 4.78 is 13.3. The second-order valence-electron chi connectivity index (χ2n) is 4.60. The highest BCUT2D eigenvalue weighted by molar-refractivity contribution is 14.1. The van der Waals surface area contributed by atoms with E-state index >= 15 is 0 Å². The lowest BCUT2D eigenvalue weighted by Crippen LogP contribution is -2.26. The molecule has 1 heterocycles. The highest BCUT2D eigenvalue weighted by atomic mass is 127. The number of nitrogens with zero attached hydrogens (tertiary/aromatic N) is 2. The van der Waals surface area contributed by atoms with Gasteiger partial charge < -0.3 is 19.4 Å². The van der Waals surface area contributed by atoms with Gasteiger partial charge in [0.05, 0.1) is 26.1 Å². The number of aromatic nitrogens is 2.